The molecular weight excluding hydrogens is 216 g/mol. The molecule has 0 aromatic rings. The molecule has 0 bridgehead atoms. The van der Waals surface area contributed by atoms with Crippen LogP contribution < -0.4 is 5.14 Å². The largest absolute Gasteiger partial charge is 0.331 e. The average molecular weight is 230 g/mol. The van der Waals surface area contributed by atoms with Crippen molar-refractivity contribution >= 4 is 15.9 Å². The van der Waals surface area contributed by atoms with E-state index in [4.69, 9.17) is 5.14 Å². The van der Waals surface area contributed by atoms with E-state index in [9.17, 15) is 13.2 Å². The second-order valence-corrected chi connectivity index (χ2v) is 5.32. The Bertz CT molecular complexity index is 405. The van der Waals surface area contributed by atoms with Gasteiger partial charge in [-0.1, -0.05) is 5.92 Å². The number of carbonyl (C=O) groups excluding carboxylic acids is 1. The normalized spacial score (nSPS) is 21.7. The minimum absolute atomic E-state index is 0.159. The molecule has 1 heterocycles. The molecule has 0 saturated carbocycles. The molecule has 1 unspecified atom stereocenters. The van der Waals surface area contributed by atoms with E-state index >= 15 is 0 Å². The first-order valence-electron chi connectivity index (χ1n) is 4.68. The van der Waals surface area contributed by atoms with Crippen LogP contribution >= 0.6 is 0 Å². The topological polar surface area (TPSA) is 80.5 Å². The molecule has 0 spiro atoms. The second-order valence-electron chi connectivity index (χ2n) is 3.48. The van der Waals surface area contributed by atoms with Crippen LogP contribution in [0.3, 0.4) is 0 Å². The molecule has 2 N–H and O–H groups in total. The SMILES string of the molecule is CC#CC(=O)N1CCCC(S(N)(=O)=O)C1. The van der Waals surface area contributed by atoms with Gasteiger partial charge in [0.15, 0.2) is 0 Å². The van der Waals surface area contributed by atoms with Gasteiger partial charge < -0.3 is 4.90 Å². The number of nitrogens with two attached hydrogens (primary N) is 1. The van der Waals surface area contributed by atoms with Gasteiger partial charge in [-0.25, -0.2) is 13.6 Å². The number of nitrogens with zero attached hydrogens (tertiary/aromatic N) is 1. The lowest BCUT2D eigenvalue weighted by Gasteiger charge is -2.29. The van der Waals surface area contributed by atoms with Crippen molar-refractivity contribution in [1.29, 1.82) is 0 Å². The number of carbonyl (C=O) groups is 1. The van der Waals surface area contributed by atoms with E-state index in [0.717, 1.165) is 0 Å². The fraction of sp³-hybridized carbons (Fsp3) is 0.667. The van der Waals surface area contributed by atoms with Gasteiger partial charge >= 0.3 is 0 Å². The van der Waals surface area contributed by atoms with Crippen molar-refractivity contribution in [2.45, 2.75) is 25.0 Å². The van der Waals surface area contributed by atoms with Crippen molar-refractivity contribution in [3.63, 3.8) is 0 Å². The molecule has 15 heavy (non-hydrogen) atoms. The molecule has 1 fully saturated rings. The highest BCUT2D eigenvalue weighted by atomic mass is 32.2. The van der Waals surface area contributed by atoms with E-state index in [2.05, 4.69) is 11.8 Å². The Hall–Kier alpha value is -1.06. The smallest absolute Gasteiger partial charge is 0.298 e. The maximum Gasteiger partial charge on any atom is 0.298 e. The van der Waals surface area contributed by atoms with Crippen LogP contribution in [0.15, 0.2) is 0 Å². The fourth-order valence-corrected chi connectivity index (χ4v) is 2.46. The highest BCUT2D eigenvalue weighted by Gasteiger charge is 2.29. The Morgan fingerprint density at radius 1 is 1.53 bits per heavy atom. The number of piperidine rings is 1. The van der Waals surface area contributed by atoms with Crippen molar-refractivity contribution in [3.05, 3.63) is 0 Å². The maximum atomic E-state index is 11.4. The quantitative estimate of drug-likeness (QED) is 0.604. The molecule has 1 atom stereocenters. The highest BCUT2D eigenvalue weighted by molar-refractivity contribution is 7.89. The summed E-state index contributed by atoms with van der Waals surface area (Å²) < 4.78 is 22.2. The molecule has 0 aromatic heterocycles. The third kappa shape index (κ3) is 3.22. The lowest BCUT2D eigenvalue weighted by Crippen LogP contribution is -2.46. The lowest BCUT2D eigenvalue weighted by molar-refractivity contribution is -0.125. The van der Waals surface area contributed by atoms with Crippen molar-refractivity contribution in [2.75, 3.05) is 13.1 Å². The molecule has 6 heteroatoms. The molecular formula is C9H14N2O3S. The molecule has 0 radical (unpaired) electrons. The van der Waals surface area contributed by atoms with Gasteiger partial charge in [0, 0.05) is 13.1 Å². The van der Waals surface area contributed by atoms with Gasteiger partial charge in [0.05, 0.1) is 5.25 Å². The first kappa shape index (κ1) is 12.0. The monoisotopic (exact) mass is 230 g/mol. The Morgan fingerprint density at radius 2 is 2.20 bits per heavy atom. The van der Waals surface area contributed by atoms with Gasteiger partial charge in [0.2, 0.25) is 10.0 Å². The summed E-state index contributed by atoms with van der Waals surface area (Å²) >= 11 is 0. The van der Waals surface area contributed by atoms with Crippen LogP contribution in [0.25, 0.3) is 0 Å². The van der Waals surface area contributed by atoms with E-state index in [0.29, 0.717) is 19.4 Å². The summed E-state index contributed by atoms with van der Waals surface area (Å²) in [4.78, 5) is 12.8. The molecule has 1 saturated heterocycles. The Labute approximate surface area is 89.7 Å². The standard InChI is InChI=1S/C9H14N2O3S/c1-2-4-9(12)11-6-3-5-8(7-11)15(10,13)14/h8H,3,5-7H2,1H3,(H2,10,13,14). The molecule has 1 amide bonds. The fourth-order valence-electron chi connectivity index (χ4n) is 1.58. The van der Waals surface area contributed by atoms with Crippen LogP contribution in [0.4, 0.5) is 0 Å². The summed E-state index contributed by atoms with van der Waals surface area (Å²) in [7, 11) is -3.55. The van der Waals surface area contributed by atoms with E-state index < -0.39 is 15.3 Å². The Morgan fingerprint density at radius 3 is 2.73 bits per heavy atom. The van der Waals surface area contributed by atoms with E-state index in [1.54, 1.807) is 6.92 Å². The minimum atomic E-state index is -3.55. The molecule has 1 aliphatic rings. The van der Waals surface area contributed by atoms with Crippen molar-refractivity contribution in [1.82, 2.24) is 4.90 Å². The van der Waals surface area contributed by atoms with Gasteiger partial charge in [-0.15, -0.1) is 0 Å². The summed E-state index contributed by atoms with van der Waals surface area (Å²) in [6.45, 7) is 2.28. The molecule has 0 aliphatic carbocycles. The molecule has 84 valence electrons. The first-order chi connectivity index (χ1) is 6.95. The van der Waals surface area contributed by atoms with E-state index in [1.807, 2.05) is 0 Å². The van der Waals surface area contributed by atoms with Crippen LogP contribution in [0.1, 0.15) is 19.8 Å². The predicted molar refractivity (Wildman–Crippen MR) is 56.2 cm³/mol. The summed E-state index contributed by atoms with van der Waals surface area (Å²) in [6, 6.07) is 0. The number of hydrogen-bond donors (Lipinski definition) is 1. The maximum absolute atomic E-state index is 11.4. The van der Waals surface area contributed by atoms with Gasteiger partial charge in [0.25, 0.3) is 5.91 Å². The molecule has 0 aromatic carbocycles. The molecule has 1 aliphatic heterocycles. The van der Waals surface area contributed by atoms with Crippen molar-refractivity contribution < 1.29 is 13.2 Å². The van der Waals surface area contributed by atoms with Crippen LogP contribution in [-0.2, 0) is 14.8 Å². The average Bonchev–Trinajstić information content (AvgIpc) is 2.17. The minimum Gasteiger partial charge on any atom is -0.331 e. The van der Waals surface area contributed by atoms with Gasteiger partial charge in [-0.05, 0) is 25.7 Å². The summed E-state index contributed by atoms with van der Waals surface area (Å²) in [5.74, 6) is 4.56. The Kier molecular flexibility index (Phi) is 3.72. The van der Waals surface area contributed by atoms with Crippen LogP contribution in [-0.4, -0.2) is 37.6 Å². The van der Waals surface area contributed by atoms with Crippen LogP contribution in [0.5, 0.6) is 0 Å². The Balaban J connectivity index is 2.71. The van der Waals surface area contributed by atoms with Gasteiger partial charge in [-0.2, -0.15) is 0 Å². The van der Waals surface area contributed by atoms with Crippen molar-refractivity contribution in [2.24, 2.45) is 5.14 Å². The highest BCUT2D eigenvalue weighted by Crippen LogP contribution is 2.14. The number of rotatable bonds is 1. The van der Waals surface area contributed by atoms with Gasteiger partial charge in [-0.3, -0.25) is 4.79 Å². The number of primary sulfonamides is 1. The third-order valence-electron chi connectivity index (χ3n) is 2.36. The number of hydrogen-bond acceptors (Lipinski definition) is 3. The summed E-state index contributed by atoms with van der Waals surface area (Å²) in [6.07, 6.45) is 1.17. The molecule has 1 rings (SSSR count). The van der Waals surface area contributed by atoms with Crippen LogP contribution in [0, 0.1) is 11.8 Å². The zero-order valence-corrected chi connectivity index (χ0v) is 9.38. The van der Waals surface area contributed by atoms with E-state index in [1.165, 1.54) is 4.90 Å². The van der Waals surface area contributed by atoms with Crippen molar-refractivity contribution in [3.8, 4) is 11.8 Å². The number of amides is 1. The number of likely N-dealkylation sites (tertiary alicyclic amines) is 1. The summed E-state index contributed by atoms with van der Waals surface area (Å²) in [5, 5.41) is 4.40. The van der Waals surface area contributed by atoms with Crippen LogP contribution in [0.2, 0.25) is 0 Å². The first-order valence-corrected chi connectivity index (χ1v) is 6.29. The second kappa shape index (κ2) is 4.64. The van der Waals surface area contributed by atoms with Gasteiger partial charge in [0.1, 0.15) is 0 Å². The zero-order valence-electron chi connectivity index (χ0n) is 8.56. The predicted octanol–water partition coefficient (Wildman–Crippen LogP) is -0.711. The molecule has 5 nitrogen and oxygen atoms in total. The number of sulfonamides is 1. The zero-order chi connectivity index (χ0) is 11.5. The summed E-state index contributed by atoms with van der Waals surface area (Å²) in [5.41, 5.74) is 0. The van der Waals surface area contributed by atoms with E-state index in [-0.39, 0.29) is 12.5 Å². The lowest BCUT2D eigenvalue weighted by atomic mass is 10.1. The third-order valence-corrected chi connectivity index (χ3v) is 3.68.